The molecule has 0 aliphatic carbocycles. The third-order valence-electron chi connectivity index (χ3n) is 5.23. The molecule has 1 aromatic rings. The van der Waals surface area contributed by atoms with Gasteiger partial charge in [0, 0.05) is 31.2 Å². The van der Waals surface area contributed by atoms with Crippen molar-refractivity contribution in [3.8, 4) is 5.75 Å². The largest absolute Gasteiger partial charge is 0.484 e. The summed E-state index contributed by atoms with van der Waals surface area (Å²) in [5.74, 6) is 0.898. The molecular formula is C21H32N2O4. The molecule has 0 spiro atoms. The molecule has 6 nitrogen and oxygen atoms in total. The predicted octanol–water partition coefficient (Wildman–Crippen LogP) is 2.52. The van der Waals surface area contributed by atoms with Gasteiger partial charge in [-0.2, -0.15) is 0 Å². The van der Waals surface area contributed by atoms with Gasteiger partial charge in [-0.1, -0.05) is 38.8 Å². The van der Waals surface area contributed by atoms with Crippen LogP contribution in [-0.4, -0.2) is 62.1 Å². The Morgan fingerprint density at radius 1 is 1.22 bits per heavy atom. The van der Waals surface area contributed by atoms with Gasteiger partial charge in [0.15, 0.2) is 12.4 Å². The van der Waals surface area contributed by atoms with E-state index in [1.807, 2.05) is 0 Å². The van der Waals surface area contributed by atoms with E-state index in [9.17, 15) is 9.59 Å². The SMILES string of the molecule is CCC(CC)C(CNC(=O)COc1cccc(C(C)=O)c1)N1CCOCC1. The Balaban J connectivity index is 1.87. The lowest BCUT2D eigenvalue weighted by molar-refractivity contribution is -0.123. The molecule has 1 aromatic carbocycles. The van der Waals surface area contributed by atoms with E-state index >= 15 is 0 Å². The van der Waals surface area contributed by atoms with Crippen molar-refractivity contribution in [2.75, 3.05) is 39.5 Å². The Labute approximate surface area is 162 Å². The lowest BCUT2D eigenvalue weighted by atomic mass is 9.92. The van der Waals surface area contributed by atoms with Crippen molar-refractivity contribution in [2.24, 2.45) is 5.92 Å². The van der Waals surface area contributed by atoms with Crippen LogP contribution in [0.25, 0.3) is 0 Å². The molecule has 0 bridgehead atoms. The van der Waals surface area contributed by atoms with Crippen LogP contribution in [0.5, 0.6) is 5.75 Å². The summed E-state index contributed by atoms with van der Waals surface area (Å²) in [5, 5.41) is 3.02. The molecule has 0 aromatic heterocycles. The molecule has 1 atom stereocenters. The van der Waals surface area contributed by atoms with Crippen LogP contribution in [0.3, 0.4) is 0 Å². The van der Waals surface area contributed by atoms with Gasteiger partial charge < -0.3 is 14.8 Å². The fourth-order valence-electron chi connectivity index (χ4n) is 3.56. The number of morpholine rings is 1. The number of ketones is 1. The molecule has 1 aliphatic heterocycles. The fourth-order valence-corrected chi connectivity index (χ4v) is 3.56. The van der Waals surface area contributed by atoms with E-state index in [1.165, 1.54) is 6.92 Å². The quantitative estimate of drug-likeness (QED) is 0.636. The molecule has 1 saturated heterocycles. The first-order valence-electron chi connectivity index (χ1n) is 9.87. The van der Waals surface area contributed by atoms with Crippen molar-refractivity contribution in [1.82, 2.24) is 10.2 Å². The summed E-state index contributed by atoms with van der Waals surface area (Å²) in [6.07, 6.45) is 2.17. The van der Waals surface area contributed by atoms with Crippen molar-refractivity contribution in [3.05, 3.63) is 29.8 Å². The summed E-state index contributed by atoms with van der Waals surface area (Å²) in [4.78, 5) is 26.1. The molecular weight excluding hydrogens is 344 g/mol. The van der Waals surface area contributed by atoms with Crippen molar-refractivity contribution in [1.29, 1.82) is 0 Å². The van der Waals surface area contributed by atoms with Gasteiger partial charge >= 0.3 is 0 Å². The molecule has 1 heterocycles. The third-order valence-corrected chi connectivity index (χ3v) is 5.23. The Kier molecular flexibility index (Phi) is 8.75. The summed E-state index contributed by atoms with van der Waals surface area (Å²) in [5.41, 5.74) is 0.578. The normalized spacial score (nSPS) is 16.1. The summed E-state index contributed by atoms with van der Waals surface area (Å²) in [6.45, 7) is 9.79. The Hall–Kier alpha value is -1.92. The van der Waals surface area contributed by atoms with Crippen LogP contribution in [0.1, 0.15) is 44.0 Å². The minimum Gasteiger partial charge on any atom is -0.484 e. The van der Waals surface area contributed by atoms with Crippen LogP contribution in [0.15, 0.2) is 24.3 Å². The number of Topliss-reactive ketones (excluding diaryl/α,β-unsaturated/α-hetero) is 1. The Morgan fingerprint density at radius 2 is 1.93 bits per heavy atom. The molecule has 150 valence electrons. The number of hydrogen-bond donors (Lipinski definition) is 1. The second kappa shape index (κ2) is 11.0. The number of benzene rings is 1. The van der Waals surface area contributed by atoms with E-state index in [0.717, 1.165) is 39.1 Å². The van der Waals surface area contributed by atoms with E-state index in [4.69, 9.17) is 9.47 Å². The standard InChI is InChI=1S/C21H32N2O4/c1-4-17(5-2)20(23-9-11-26-12-10-23)14-22-21(25)15-27-19-8-6-7-18(13-19)16(3)24/h6-8,13,17,20H,4-5,9-12,14-15H2,1-3H3,(H,22,25). The second-order valence-corrected chi connectivity index (χ2v) is 6.97. The van der Waals surface area contributed by atoms with Gasteiger partial charge in [-0.15, -0.1) is 0 Å². The zero-order chi connectivity index (χ0) is 19.6. The molecule has 0 saturated carbocycles. The van der Waals surface area contributed by atoms with Crippen molar-refractivity contribution >= 4 is 11.7 Å². The second-order valence-electron chi connectivity index (χ2n) is 6.97. The zero-order valence-electron chi connectivity index (χ0n) is 16.7. The van der Waals surface area contributed by atoms with Gasteiger partial charge in [0.05, 0.1) is 13.2 Å². The average molecular weight is 376 g/mol. The topological polar surface area (TPSA) is 67.9 Å². The lowest BCUT2D eigenvalue weighted by Gasteiger charge is -2.38. The predicted molar refractivity (Wildman–Crippen MR) is 105 cm³/mol. The highest BCUT2D eigenvalue weighted by Gasteiger charge is 2.27. The van der Waals surface area contributed by atoms with Crippen molar-refractivity contribution in [3.63, 3.8) is 0 Å². The number of nitrogens with zero attached hydrogens (tertiary/aromatic N) is 1. The Bertz CT molecular complexity index is 610. The van der Waals surface area contributed by atoms with Gasteiger partial charge in [-0.25, -0.2) is 0 Å². The van der Waals surface area contributed by atoms with Crippen LogP contribution in [0.4, 0.5) is 0 Å². The summed E-state index contributed by atoms with van der Waals surface area (Å²) in [7, 11) is 0. The highest BCUT2D eigenvalue weighted by molar-refractivity contribution is 5.94. The molecule has 1 unspecified atom stereocenters. The number of carbonyl (C=O) groups is 2. The minimum atomic E-state index is -0.146. The van der Waals surface area contributed by atoms with Crippen molar-refractivity contribution < 1.29 is 19.1 Å². The van der Waals surface area contributed by atoms with E-state index < -0.39 is 0 Å². The third kappa shape index (κ3) is 6.63. The maximum absolute atomic E-state index is 12.3. The summed E-state index contributed by atoms with van der Waals surface area (Å²) >= 11 is 0. The van der Waals surface area contributed by atoms with Crippen LogP contribution in [0, 0.1) is 5.92 Å². The first-order valence-corrected chi connectivity index (χ1v) is 9.87. The maximum Gasteiger partial charge on any atom is 0.257 e. The number of amides is 1. The number of hydrogen-bond acceptors (Lipinski definition) is 5. The van der Waals surface area contributed by atoms with E-state index in [1.54, 1.807) is 24.3 Å². The first-order chi connectivity index (χ1) is 13.0. The van der Waals surface area contributed by atoms with Crippen LogP contribution >= 0.6 is 0 Å². The highest BCUT2D eigenvalue weighted by atomic mass is 16.5. The van der Waals surface area contributed by atoms with E-state index in [0.29, 0.717) is 29.8 Å². The zero-order valence-corrected chi connectivity index (χ0v) is 16.7. The number of ether oxygens (including phenoxy) is 2. The van der Waals surface area contributed by atoms with E-state index in [2.05, 4.69) is 24.1 Å². The molecule has 27 heavy (non-hydrogen) atoms. The lowest BCUT2D eigenvalue weighted by Crippen LogP contribution is -2.52. The molecule has 1 fully saturated rings. The molecule has 6 heteroatoms. The maximum atomic E-state index is 12.3. The van der Waals surface area contributed by atoms with Crippen LogP contribution in [0.2, 0.25) is 0 Å². The van der Waals surface area contributed by atoms with Crippen molar-refractivity contribution in [2.45, 2.75) is 39.7 Å². The summed E-state index contributed by atoms with van der Waals surface area (Å²) in [6, 6.07) is 7.22. The monoisotopic (exact) mass is 376 g/mol. The van der Waals surface area contributed by atoms with Gasteiger partial charge in [0.2, 0.25) is 0 Å². The number of rotatable bonds is 10. The average Bonchev–Trinajstić information content (AvgIpc) is 2.70. The minimum absolute atomic E-state index is 0.0246. The fraction of sp³-hybridized carbons (Fsp3) is 0.619. The molecule has 1 amide bonds. The molecule has 0 radical (unpaired) electrons. The smallest absolute Gasteiger partial charge is 0.257 e. The first kappa shape index (κ1) is 21.4. The summed E-state index contributed by atoms with van der Waals surface area (Å²) < 4.78 is 11.0. The van der Waals surface area contributed by atoms with Gasteiger partial charge in [-0.05, 0) is 25.0 Å². The number of nitrogens with one attached hydrogen (secondary N) is 1. The molecule has 1 N–H and O–H groups in total. The van der Waals surface area contributed by atoms with Gasteiger partial charge in [0.25, 0.3) is 5.91 Å². The van der Waals surface area contributed by atoms with Gasteiger partial charge in [0.1, 0.15) is 5.75 Å². The highest BCUT2D eigenvalue weighted by Crippen LogP contribution is 2.19. The van der Waals surface area contributed by atoms with Gasteiger partial charge in [-0.3, -0.25) is 14.5 Å². The number of carbonyl (C=O) groups excluding carboxylic acids is 2. The Morgan fingerprint density at radius 3 is 2.56 bits per heavy atom. The van der Waals surface area contributed by atoms with Crippen LogP contribution in [-0.2, 0) is 9.53 Å². The van der Waals surface area contributed by atoms with Crippen LogP contribution < -0.4 is 10.1 Å². The molecule has 1 aliphatic rings. The molecule has 2 rings (SSSR count). The van der Waals surface area contributed by atoms with E-state index in [-0.39, 0.29) is 18.3 Å².